The zero-order valence-corrected chi connectivity index (χ0v) is 12.2. The van der Waals surface area contributed by atoms with Gasteiger partial charge in [-0.1, -0.05) is 12.1 Å². The number of likely N-dealkylation sites (tertiary alicyclic amines) is 1. The Morgan fingerprint density at radius 1 is 1.14 bits per heavy atom. The molecule has 0 radical (unpaired) electrons. The molecule has 3 rings (SSSR count). The fourth-order valence-corrected chi connectivity index (χ4v) is 3.18. The topological polar surface area (TPSA) is 60.9 Å². The second-order valence-electron chi connectivity index (χ2n) is 5.79. The zero-order valence-electron chi connectivity index (χ0n) is 12.2. The zero-order chi connectivity index (χ0) is 15.0. The first-order chi connectivity index (χ1) is 10.1. The highest BCUT2D eigenvalue weighted by Gasteiger charge is 2.35. The lowest BCUT2D eigenvalue weighted by atomic mass is 10.0. The van der Waals surface area contributed by atoms with Gasteiger partial charge >= 0.3 is 0 Å². The lowest BCUT2D eigenvalue weighted by molar-refractivity contribution is 0.0161. The van der Waals surface area contributed by atoms with E-state index in [0.717, 1.165) is 19.4 Å². The molecule has 2 unspecified atom stereocenters. The minimum atomic E-state index is -0.319. The van der Waals surface area contributed by atoms with E-state index >= 15 is 0 Å². The lowest BCUT2D eigenvalue weighted by Crippen LogP contribution is -2.49. The predicted octanol–water partition coefficient (Wildman–Crippen LogP) is 1.13. The van der Waals surface area contributed by atoms with Crippen molar-refractivity contribution in [1.29, 1.82) is 0 Å². The molecule has 2 aliphatic rings. The van der Waals surface area contributed by atoms with Crippen LogP contribution in [-0.2, 0) is 0 Å². The number of amides is 2. The van der Waals surface area contributed by atoms with E-state index < -0.39 is 0 Å². The quantitative estimate of drug-likeness (QED) is 0.847. The number of fused-ring (bicyclic) bond motifs is 1. The number of rotatable bonds is 3. The summed E-state index contributed by atoms with van der Waals surface area (Å²) in [4.78, 5) is 28.0. The molecule has 0 saturated carbocycles. The highest BCUT2D eigenvalue weighted by Crippen LogP contribution is 2.23. The molecule has 1 aromatic carbocycles. The van der Waals surface area contributed by atoms with Gasteiger partial charge in [-0.3, -0.25) is 19.4 Å². The fraction of sp³-hybridized carbons (Fsp3) is 0.500. The van der Waals surface area contributed by atoms with E-state index in [1.807, 2.05) is 6.92 Å². The molecule has 112 valence electrons. The van der Waals surface area contributed by atoms with E-state index in [4.69, 9.17) is 0 Å². The highest BCUT2D eigenvalue weighted by molar-refractivity contribution is 6.21. The average Bonchev–Trinajstić information content (AvgIpc) is 2.73. The normalized spacial score (nSPS) is 26.3. The van der Waals surface area contributed by atoms with Gasteiger partial charge in [0, 0.05) is 19.1 Å². The van der Waals surface area contributed by atoms with Crippen LogP contribution < -0.4 is 0 Å². The summed E-state index contributed by atoms with van der Waals surface area (Å²) < 4.78 is 0. The highest BCUT2D eigenvalue weighted by atomic mass is 16.3. The summed E-state index contributed by atoms with van der Waals surface area (Å²) in [7, 11) is 0. The first kappa shape index (κ1) is 14.2. The van der Waals surface area contributed by atoms with E-state index in [1.165, 1.54) is 4.90 Å². The monoisotopic (exact) mass is 288 g/mol. The average molecular weight is 288 g/mol. The number of carbonyl (C=O) groups is 2. The number of aliphatic hydroxyl groups is 1. The fourth-order valence-electron chi connectivity index (χ4n) is 3.18. The lowest BCUT2D eigenvalue weighted by Gasteiger charge is -2.37. The molecule has 0 spiro atoms. The summed E-state index contributed by atoms with van der Waals surface area (Å²) in [6.07, 6.45) is 1.46. The Kier molecular flexibility index (Phi) is 3.78. The molecule has 1 aromatic rings. The standard InChI is InChI=1S/C16H20N2O3/c1-11-14(19)7-4-8-17(11)9-10-18-15(20)12-5-2-3-6-13(12)16(18)21/h2-3,5-6,11,14,19H,4,7-10H2,1H3. The number of carbonyl (C=O) groups excluding carboxylic acids is 2. The van der Waals surface area contributed by atoms with E-state index in [0.29, 0.717) is 24.2 Å². The maximum atomic E-state index is 12.3. The Morgan fingerprint density at radius 2 is 1.76 bits per heavy atom. The number of benzene rings is 1. The molecular weight excluding hydrogens is 268 g/mol. The van der Waals surface area contributed by atoms with Gasteiger partial charge < -0.3 is 5.11 Å². The van der Waals surface area contributed by atoms with Crippen LogP contribution >= 0.6 is 0 Å². The van der Waals surface area contributed by atoms with E-state index in [-0.39, 0.29) is 24.0 Å². The first-order valence-electron chi connectivity index (χ1n) is 7.47. The predicted molar refractivity (Wildman–Crippen MR) is 78.1 cm³/mol. The van der Waals surface area contributed by atoms with Gasteiger partial charge in [0.25, 0.3) is 11.8 Å². The molecule has 21 heavy (non-hydrogen) atoms. The summed E-state index contributed by atoms with van der Waals surface area (Å²) in [5, 5.41) is 9.90. The van der Waals surface area contributed by atoms with Gasteiger partial charge in [-0.2, -0.15) is 0 Å². The second-order valence-corrected chi connectivity index (χ2v) is 5.79. The van der Waals surface area contributed by atoms with Crippen molar-refractivity contribution in [2.45, 2.75) is 31.9 Å². The molecule has 2 atom stereocenters. The van der Waals surface area contributed by atoms with Crippen LogP contribution in [0.4, 0.5) is 0 Å². The summed E-state index contributed by atoms with van der Waals surface area (Å²) in [5.41, 5.74) is 0.989. The van der Waals surface area contributed by atoms with Crippen LogP contribution in [0.1, 0.15) is 40.5 Å². The van der Waals surface area contributed by atoms with Crippen molar-refractivity contribution >= 4 is 11.8 Å². The molecule has 1 fully saturated rings. The number of hydrogen-bond donors (Lipinski definition) is 1. The Bertz CT molecular complexity index is 537. The van der Waals surface area contributed by atoms with Crippen LogP contribution in [0.15, 0.2) is 24.3 Å². The van der Waals surface area contributed by atoms with Crippen LogP contribution in [0, 0.1) is 0 Å². The molecule has 0 aromatic heterocycles. The third kappa shape index (κ3) is 2.47. The summed E-state index contributed by atoms with van der Waals surface area (Å²) in [6.45, 7) is 3.89. The molecular formula is C16H20N2O3. The van der Waals surface area contributed by atoms with Crippen LogP contribution in [0.3, 0.4) is 0 Å². The van der Waals surface area contributed by atoms with Crippen molar-refractivity contribution in [3.8, 4) is 0 Å². The van der Waals surface area contributed by atoms with Crippen LogP contribution in [0.25, 0.3) is 0 Å². The second kappa shape index (κ2) is 5.58. The van der Waals surface area contributed by atoms with Crippen molar-refractivity contribution in [3.63, 3.8) is 0 Å². The van der Waals surface area contributed by atoms with Crippen molar-refractivity contribution < 1.29 is 14.7 Å². The molecule has 5 nitrogen and oxygen atoms in total. The summed E-state index contributed by atoms with van der Waals surface area (Å²) in [6, 6.07) is 7.02. The number of aliphatic hydroxyl groups excluding tert-OH is 1. The van der Waals surface area contributed by atoms with Gasteiger partial charge in [0.2, 0.25) is 0 Å². The molecule has 5 heteroatoms. The van der Waals surface area contributed by atoms with Crippen molar-refractivity contribution in [2.24, 2.45) is 0 Å². The Balaban J connectivity index is 1.67. The number of piperidine rings is 1. The van der Waals surface area contributed by atoms with E-state index in [1.54, 1.807) is 24.3 Å². The summed E-state index contributed by atoms with van der Waals surface area (Å²) >= 11 is 0. The van der Waals surface area contributed by atoms with E-state index in [9.17, 15) is 14.7 Å². The van der Waals surface area contributed by atoms with E-state index in [2.05, 4.69) is 4.90 Å². The van der Waals surface area contributed by atoms with Gasteiger partial charge in [-0.15, -0.1) is 0 Å². The number of imide groups is 1. The van der Waals surface area contributed by atoms with Gasteiger partial charge in [0.15, 0.2) is 0 Å². The number of nitrogens with zero attached hydrogens (tertiary/aromatic N) is 2. The summed E-state index contributed by atoms with van der Waals surface area (Å²) in [5.74, 6) is -0.415. The van der Waals surface area contributed by atoms with Crippen molar-refractivity contribution in [1.82, 2.24) is 9.80 Å². The van der Waals surface area contributed by atoms with Crippen LogP contribution in [0.2, 0.25) is 0 Å². The smallest absolute Gasteiger partial charge is 0.261 e. The Labute approximate surface area is 124 Å². The minimum Gasteiger partial charge on any atom is -0.392 e. The maximum absolute atomic E-state index is 12.3. The van der Waals surface area contributed by atoms with Crippen molar-refractivity contribution in [3.05, 3.63) is 35.4 Å². The number of hydrogen-bond acceptors (Lipinski definition) is 4. The molecule has 1 N–H and O–H groups in total. The molecule has 0 bridgehead atoms. The van der Waals surface area contributed by atoms with Gasteiger partial charge in [0.05, 0.1) is 17.2 Å². The molecule has 1 saturated heterocycles. The maximum Gasteiger partial charge on any atom is 0.261 e. The molecule has 0 aliphatic carbocycles. The Hall–Kier alpha value is -1.72. The molecule has 2 amide bonds. The van der Waals surface area contributed by atoms with Crippen molar-refractivity contribution in [2.75, 3.05) is 19.6 Å². The van der Waals surface area contributed by atoms with Gasteiger partial charge in [-0.25, -0.2) is 0 Å². The first-order valence-corrected chi connectivity index (χ1v) is 7.47. The molecule has 2 heterocycles. The SMILES string of the molecule is CC1C(O)CCCN1CCN1C(=O)c2ccccc2C1=O. The van der Waals surface area contributed by atoms with Crippen LogP contribution in [-0.4, -0.2) is 58.5 Å². The third-order valence-electron chi connectivity index (χ3n) is 4.57. The van der Waals surface area contributed by atoms with Gasteiger partial charge in [-0.05, 0) is 38.4 Å². The third-order valence-corrected chi connectivity index (χ3v) is 4.57. The molecule has 2 aliphatic heterocycles. The Morgan fingerprint density at radius 3 is 2.38 bits per heavy atom. The van der Waals surface area contributed by atoms with Gasteiger partial charge in [0.1, 0.15) is 0 Å². The largest absolute Gasteiger partial charge is 0.392 e. The van der Waals surface area contributed by atoms with Crippen LogP contribution in [0.5, 0.6) is 0 Å². The minimum absolute atomic E-state index is 0.0777.